The first kappa shape index (κ1) is 11.3. The number of fused-ring (bicyclic) bond motifs is 1. The molecule has 0 unspecified atom stereocenters. The third kappa shape index (κ3) is 3.45. The summed E-state index contributed by atoms with van der Waals surface area (Å²) >= 11 is 0.180. The Balaban J connectivity index is 0.000000138. The van der Waals surface area contributed by atoms with Crippen LogP contribution in [0.2, 0.25) is 0 Å². The third-order valence-corrected chi connectivity index (χ3v) is 3.99. The van der Waals surface area contributed by atoms with Crippen molar-refractivity contribution in [2.24, 2.45) is 0 Å². The fourth-order valence-corrected chi connectivity index (χ4v) is 2.72. The molecule has 0 radical (unpaired) electrons. The molecule has 1 aromatic heterocycles. The number of benzene rings is 2. The smallest absolute Gasteiger partial charge is 0.0184 e. The summed E-state index contributed by atoms with van der Waals surface area (Å²) in [5, 5.41) is 2.62. The number of rotatable bonds is 0. The van der Waals surface area contributed by atoms with Crippen LogP contribution in [0.4, 0.5) is 0 Å². The van der Waals surface area contributed by atoms with Crippen LogP contribution in [-0.4, -0.2) is 20.4 Å². The molecule has 1 heteroatoms. The Bertz CT molecular complexity index is 440. The van der Waals surface area contributed by atoms with Crippen LogP contribution in [-0.2, 0) is 0 Å². The molecule has 0 aliphatic carbocycles. The van der Waals surface area contributed by atoms with E-state index in [0.717, 1.165) is 0 Å². The topological polar surface area (TPSA) is 0 Å². The fourth-order valence-electron chi connectivity index (χ4n) is 1.42. The van der Waals surface area contributed by atoms with Crippen molar-refractivity contribution in [3.8, 4) is 0 Å². The van der Waals surface area contributed by atoms with Gasteiger partial charge in [0, 0.05) is 0 Å². The molecule has 0 aliphatic heterocycles. The van der Waals surface area contributed by atoms with Gasteiger partial charge in [0.05, 0.1) is 0 Å². The van der Waals surface area contributed by atoms with Crippen molar-refractivity contribution in [3.63, 3.8) is 0 Å². The number of hydrogen-bond donors (Lipinski definition) is 0. The van der Waals surface area contributed by atoms with Crippen LogP contribution in [0, 0.1) is 0 Å². The van der Waals surface area contributed by atoms with Crippen molar-refractivity contribution in [2.45, 2.75) is 0 Å². The summed E-state index contributed by atoms with van der Waals surface area (Å²) in [6.45, 7) is 0. The van der Waals surface area contributed by atoms with Gasteiger partial charge in [-0.3, -0.25) is 0 Å². The van der Waals surface area contributed by atoms with Gasteiger partial charge in [0.1, 0.15) is 0 Å². The Kier molecular flexibility index (Phi) is 4.55. The summed E-state index contributed by atoms with van der Waals surface area (Å²) in [4.78, 5) is 0. The molecule has 3 rings (SSSR count). The standard InChI is InChI=1S/C10H8.C5H5Te/c1-2-6-10-8-4-3-7-9(10)5-1;1-2-4-6-5-3-1/h1-8H;1-5H/q;+1. The Morgan fingerprint density at radius 3 is 1.19 bits per heavy atom. The van der Waals surface area contributed by atoms with E-state index < -0.39 is 0 Å². The van der Waals surface area contributed by atoms with Crippen molar-refractivity contribution in [1.29, 1.82) is 0 Å². The zero-order valence-corrected chi connectivity index (χ0v) is 11.2. The molecule has 0 aliphatic rings. The predicted octanol–water partition coefficient (Wildman–Crippen LogP) is 3.86. The van der Waals surface area contributed by atoms with Crippen LogP contribution in [0.3, 0.4) is 0 Å². The fraction of sp³-hybridized carbons (Fsp3) is 0. The minimum absolute atomic E-state index is 0.180. The molecule has 78 valence electrons. The van der Waals surface area contributed by atoms with E-state index in [2.05, 4.69) is 74.9 Å². The maximum atomic E-state index is 2.26. The molecule has 0 saturated heterocycles. The van der Waals surface area contributed by atoms with Gasteiger partial charge in [0.15, 0.2) is 0 Å². The largest absolute Gasteiger partial charge is 0.0616 e. The van der Waals surface area contributed by atoms with E-state index in [1.165, 1.54) is 10.8 Å². The first-order chi connectivity index (χ1) is 7.97. The van der Waals surface area contributed by atoms with Gasteiger partial charge in [0.25, 0.3) is 0 Å². The van der Waals surface area contributed by atoms with Crippen LogP contribution >= 0.6 is 0 Å². The van der Waals surface area contributed by atoms with Crippen molar-refractivity contribution in [2.75, 3.05) is 0 Å². The normalized spacial score (nSPS) is 9.25. The Morgan fingerprint density at radius 2 is 0.938 bits per heavy atom. The molecular weight excluding hydrogens is 308 g/mol. The van der Waals surface area contributed by atoms with Crippen LogP contribution < -0.4 is 0 Å². The Hall–Kier alpha value is -1.16. The van der Waals surface area contributed by atoms with E-state index in [1.807, 2.05) is 0 Å². The van der Waals surface area contributed by atoms with Gasteiger partial charge in [-0.15, -0.1) is 0 Å². The van der Waals surface area contributed by atoms with Crippen molar-refractivity contribution in [1.82, 2.24) is 0 Å². The molecule has 0 N–H and O–H groups in total. The van der Waals surface area contributed by atoms with Crippen LogP contribution in [0.5, 0.6) is 0 Å². The molecule has 0 nitrogen and oxygen atoms in total. The zero-order valence-electron chi connectivity index (χ0n) is 8.91. The molecule has 0 bridgehead atoms. The molecule has 0 atom stereocenters. The van der Waals surface area contributed by atoms with Crippen LogP contribution in [0.15, 0.2) is 74.9 Å². The van der Waals surface area contributed by atoms with Gasteiger partial charge in [-0.25, -0.2) is 0 Å². The van der Waals surface area contributed by atoms with E-state index in [4.69, 9.17) is 0 Å². The van der Waals surface area contributed by atoms with E-state index in [9.17, 15) is 0 Å². The first-order valence-corrected chi connectivity index (χ1v) is 7.90. The molecule has 0 saturated carbocycles. The van der Waals surface area contributed by atoms with Gasteiger partial charge in [-0.1, -0.05) is 48.5 Å². The average Bonchev–Trinajstić information content (AvgIpc) is 2.42. The molecule has 2 aromatic carbocycles. The third-order valence-electron chi connectivity index (χ3n) is 2.20. The summed E-state index contributed by atoms with van der Waals surface area (Å²) in [5.41, 5.74) is 0. The van der Waals surface area contributed by atoms with E-state index in [1.54, 1.807) is 0 Å². The zero-order chi connectivity index (χ0) is 11.1. The van der Waals surface area contributed by atoms with Gasteiger partial charge >= 0.3 is 46.8 Å². The summed E-state index contributed by atoms with van der Waals surface area (Å²) in [6, 6.07) is 23.0. The second-order valence-corrected chi connectivity index (χ2v) is 5.66. The summed E-state index contributed by atoms with van der Waals surface area (Å²) in [6.07, 6.45) is 0. The molecule has 3 aromatic rings. The molecule has 1 heterocycles. The number of hydrogen-bond acceptors (Lipinski definition) is 0. The van der Waals surface area contributed by atoms with E-state index in [0.29, 0.717) is 0 Å². The van der Waals surface area contributed by atoms with Crippen molar-refractivity contribution < 1.29 is 0 Å². The van der Waals surface area contributed by atoms with Crippen LogP contribution in [0.25, 0.3) is 10.8 Å². The average molecular weight is 321 g/mol. The summed E-state index contributed by atoms with van der Waals surface area (Å²) < 4.78 is 4.51. The SMILES string of the molecule is c1cc[te+]cc1.c1ccc2ccccc2c1. The summed E-state index contributed by atoms with van der Waals surface area (Å²) in [5.74, 6) is 0. The monoisotopic (exact) mass is 323 g/mol. The molecule has 16 heavy (non-hydrogen) atoms. The van der Waals surface area contributed by atoms with Crippen molar-refractivity contribution >= 4 is 31.2 Å². The van der Waals surface area contributed by atoms with Gasteiger partial charge < -0.3 is 0 Å². The molecule has 0 fully saturated rings. The second kappa shape index (κ2) is 6.43. The van der Waals surface area contributed by atoms with E-state index >= 15 is 0 Å². The van der Waals surface area contributed by atoms with Gasteiger partial charge in [-0.2, -0.15) is 0 Å². The van der Waals surface area contributed by atoms with Crippen molar-refractivity contribution in [3.05, 3.63) is 74.9 Å². The quantitative estimate of drug-likeness (QED) is 0.552. The summed E-state index contributed by atoms with van der Waals surface area (Å²) in [7, 11) is 0. The Labute approximate surface area is 106 Å². The predicted molar refractivity (Wildman–Crippen MR) is 71.7 cm³/mol. The maximum Gasteiger partial charge on any atom is -0.0184 e. The second-order valence-electron chi connectivity index (χ2n) is 3.33. The molecular formula is C15H13Te+. The van der Waals surface area contributed by atoms with E-state index in [-0.39, 0.29) is 20.4 Å². The first-order valence-electron chi connectivity index (χ1n) is 5.21. The Morgan fingerprint density at radius 1 is 0.500 bits per heavy atom. The van der Waals surface area contributed by atoms with Crippen LogP contribution in [0.1, 0.15) is 0 Å². The molecule has 0 amide bonds. The minimum Gasteiger partial charge on any atom is -0.0616 e. The minimum atomic E-state index is 0.180. The molecule has 0 spiro atoms. The maximum absolute atomic E-state index is 2.26. The van der Waals surface area contributed by atoms with Gasteiger partial charge in [-0.05, 0) is 10.8 Å². The van der Waals surface area contributed by atoms with Gasteiger partial charge in [0.2, 0.25) is 0 Å².